The van der Waals surface area contributed by atoms with E-state index in [1.54, 1.807) is 0 Å². The first-order valence-corrected chi connectivity index (χ1v) is 8.92. The minimum atomic E-state index is -3.29. The summed E-state index contributed by atoms with van der Waals surface area (Å²) >= 11 is 1.42. The molecule has 1 amide bonds. The van der Waals surface area contributed by atoms with Crippen molar-refractivity contribution < 1.29 is 13.2 Å². The Morgan fingerprint density at radius 3 is 2.57 bits per heavy atom. The predicted octanol–water partition coefficient (Wildman–Crippen LogP) is 1.83. The van der Waals surface area contributed by atoms with Crippen molar-refractivity contribution in [3.05, 3.63) is 34.7 Å². The third-order valence-electron chi connectivity index (χ3n) is 3.25. The molecule has 0 aliphatic rings. The molecule has 1 aromatic carbocycles. The zero-order valence-corrected chi connectivity index (χ0v) is 13.8. The topological polar surface area (TPSA) is 66.5 Å². The number of hydrogen-bond donors (Lipinski definition) is 1. The van der Waals surface area contributed by atoms with Gasteiger partial charge in [-0.15, -0.1) is 11.3 Å². The van der Waals surface area contributed by atoms with E-state index in [0.717, 1.165) is 20.0 Å². The zero-order valence-electron chi connectivity index (χ0n) is 12.2. The van der Waals surface area contributed by atoms with Crippen molar-refractivity contribution >= 4 is 37.4 Å². The van der Waals surface area contributed by atoms with Crippen LogP contribution in [0.5, 0.6) is 0 Å². The molecule has 5 nitrogen and oxygen atoms in total. The second-order valence-corrected chi connectivity index (χ2v) is 8.26. The van der Waals surface area contributed by atoms with Crippen LogP contribution in [0.3, 0.4) is 0 Å². The van der Waals surface area contributed by atoms with Crippen molar-refractivity contribution in [2.75, 3.05) is 26.4 Å². The smallest absolute Gasteiger partial charge is 0.261 e. The molecule has 1 heterocycles. The summed E-state index contributed by atoms with van der Waals surface area (Å²) in [7, 11) is -0.330. The lowest BCUT2D eigenvalue weighted by Crippen LogP contribution is -2.33. The van der Waals surface area contributed by atoms with E-state index in [-0.39, 0.29) is 18.2 Å². The van der Waals surface area contributed by atoms with Gasteiger partial charge >= 0.3 is 0 Å². The molecular weight excluding hydrogens is 308 g/mol. The summed E-state index contributed by atoms with van der Waals surface area (Å²) < 4.78 is 25.5. The number of fused-ring (bicyclic) bond motifs is 1. The highest BCUT2D eigenvalue weighted by atomic mass is 32.2. The Morgan fingerprint density at radius 1 is 1.29 bits per heavy atom. The molecule has 2 rings (SSSR count). The molecule has 0 spiro atoms. The summed E-state index contributed by atoms with van der Waals surface area (Å²) in [6.45, 7) is 2.01. The lowest BCUT2D eigenvalue weighted by Gasteiger charge is -2.11. The molecule has 114 valence electrons. The first kappa shape index (κ1) is 15.9. The zero-order chi connectivity index (χ0) is 15.6. The molecule has 0 aliphatic heterocycles. The van der Waals surface area contributed by atoms with Crippen LogP contribution < -0.4 is 5.32 Å². The van der Waals surface area contributed by atoms with Gasteiger partial charge in [0.25, 0.3) is 5.91 Å². The van der Waals surface area contributed by atoms with Gasteiger partial charge in [0.1, 0.15) is 0 Å². The number of carbonyl (C=O) groups excluding carboxylic acids is 1. The van der Waals surface area contributed by atoms with Crippen molar-refractivity contribution in [2.24, 2.45) is 0 Å². The number of rotatable bonds is 5. The van der Waals surface area contributed by atoms with Gasteiger partial charge in [0.05, 0.1) is 10.6 Å². The van der Waals surface area contributed by atoms with E-state index in [4.69, 9.17) is 0 Å². The number of carbonyl (C=O) groups is 1. The normalized spacial score (nSPS) is 12.0. The van der Waals surface area contributed by atoms with Crippen molar-refractivity contribution in [3.63, 3.8) is 0 Å². The van der Waals surface area contributed by atoms with Crippen molar-refractivity contribution in [1.82, 2.24) is 9.62 Å². The molecule has 0 aliphatic carbocycles. The summed E-state index contributed by atoms with van der Waals surface area (Å²) in [5, 5.41) is 3.74. The van der Waals surface area contributed by atoms with Crippen molar-refractivity contribution in [2.45, 2.75) is 6.92 Å². The van der Waals surface area contributed by atoms with Crippen LogP contribution in [0.4, 0.5) is 0 Å². The summed E-state index contributed by atoms with van der Waals surface area (Å²) in [6.07, 6.45) is 0. The quantitative estimate of drug-likeness (QED) is 0.911. The van der Waals surface area contributed by atoms with E-state index >= 15 is 0 Å². The maximum Gasteiger partial charge on any atom is 0.261 e. The fourth-order valence-corrected chi connectivity index (χ4v) is 3.80. The number of sulfonamides is 1. The van der Waals surface area contributed by atoms with Crippen LogP contribution in [0.25, 0.3) is 10.1 Å². The lowest BCUT2D eigenvalue weighted by atomic mass is 10.1. The van der Waals surface area contributed by atoms with Gasteiger partial charge in [-0.3, -0.25) is 4.79 Å². The van der Waals surface area contributed by atoms with E-state index in [9.17, 15) is 13.2 Å². The summed E-state index contributed by atoms with van der Waals surface area (Å²) in [5.74, 6) is -0.321. The third-order valence-corrected chi connectivity index (χ3v) is 6.36. The molecule has 0 radical (unpaired) electrons. The largest absolute Gasteiger partial charge is 0.350 e. The second-order valence-electron chi connectivity index (χ2n) is 4.91. The highest BCUT2D eigenvalue weighted by Gasteiger charge is 2.17. The summed E-state index contributed by atoms with van der Waals surface area (Å²) in [5.41, 5.74) is 0.934. The van der Waals surface area contributed by atoms with Crippen LogP contribution in [-0.4, -0.2) is 45.0 Å². The highest BCUT2D eigenvalue weighted by molar-refractivity contribution is 7.89. The Labute approximate surface area is 128 Å². The molecule has 0 atom stereocenters. The SMILES string of the molecule is Cc1c(C(=O)NCCS(=O)(=O)N(C)C)sc2ccccc12. The van der Waals surface area contributed by atoms with Crippen LogP contribution in [-0.2, 0) is 10.0 Å². The molecule has 7 heteroatoms. The minimum Gasteiger partial charge on any atom is -0.350 e. The fraction of sp³-hybridized carbons (Fsp3) is 0.357. The molecule has 1 aromatic heterocycles. The van der Waals surface area contributed by atoms with Gasteiger partial charge in [-0.2, -0.15) is 0 Å². The molecular formula is C14H18N2O3S2. The minimum absolute atomic E-state index is 0.102. The number of benzene rings is 1. The average Bonchev–Trinajstić information content (AvgIpc) is 2.76. The van der Waals surface area contributed by atoms with Crippen LogP contribution >= 0.6 is 11.3 Å². The standard InChI is InChI=1S/C14H18N2O3S2/c1-10-11-6-4-5-7-12(11)20-13(10)14(17)15-8-9-21(18,19)16(2)3/h4-7H,8-9H2,1-3H3,(H,15,17). The summed E-state index contributed by atoms with van der Waals surface area (Å²) in [6, 6.07) is 7.83. The maximum atomic E-state index is 12.2. The number of nitrogens with zero attached hydrogens (tertiary/aromatic N) is 1. The molecule has 2 aromatic rings. The average molecular weight is 326 g/mol. The number of amides is 1. The molecule has 0 saturated carbocycles. The Bertz CT molecular complexity index is 764. The van der Waals surface area contributed by atoms with Gasteiger partial charge in [-0.25, -0.2) is 12.7 Å². The van der Waals surface area contributed by atoms with Crippen molar-refractivity contribution in [1.29, 1.82) is 0 Å². The number of thiophene rings is 1. The fourth-order valence-electron chi connectivity index (χ4n) is 1.95. The van der Waals surface area contributed by atoms with Gasteiger partial charge in [-0.05, 0) is 23.9 Å². The molecule has 21 heavy (non-hydrogen) atoms. The molecule has 1 N–H and O–H groups in total. The second kappa shape index (κ2) is 6.13. The Morgan fingerprint density at radius 2 is 1.95 bits per heavy atom. The molecule has 0 saturated heterocycles. The Hall–Kier alpha value is -1.44. The maximum absolute atomic E-state index is 12.2. The Kier molecular flexibility index (Phi) is 4.65. The van der Waals surface area contributed by atoms with E-state index < -0.39 is 10.0 Å². The first-order valence-electron chi connectivity index (χ1n) is 6.49. The molecule has 0 fully saturated rings. The van der Waals surface area contributed by atoms with Gasteiger partial charge in [0, 0.05) is 25.3 Å². The van der Waals surface area contributed by atoms with Crippen LogP contribution in [0, 0.1) is 6.92 Å². The van der Waals surface area contributed by atoms with Gasteiger partial charge in [0.15, 0.2) is 0 Å². The molecule has 0 unspecified atom stereocenters. The van der Waals surface area contributed by atoms with E-state index in [0.29, 0.717) is 4.88 Å². The number of nitrogens with one attached hydrogen (secondary N) is 1. The Balaban J connectivity index is 2.08. The van der Waals surface area contributed by atoms with E-state index in [1.807, 2.05) is 31.2 Å². The summed E-state index contributed by atoms with van der Waals surface area (Å²) in [4.78, 5) is 12.8. The van der Waals surface area contributed by atoms with Crippen LogP contribution in [0.2, 0.25) is 0 Å². The first-order chi connectivity index (χ1) is 9.83. The van der Waals surface area contributed by atoms with Gasteiger partial charge < -0.3 is 5.32 Å². The van der Waals surface area contributed by atoms with Crippen LogP contribution in [0.1, 0.15) is 15.2 Å². The number of hydrogen-bond acceptors (Lipinski definition) is 4. The van der Waals surface area contributed by atoms with E-state index in [1.165, 1.54) is 25.4 Å². The number of aryl methyl sites for hydroxylation is 1. The third kappa shape index (κ3) is 3.42. The molecule has 0 bridgehead atoms. The van der Waals surface area contributed by atoms with E-state index in [2.05, 4.69) is 5.32 Å². The highest BCUT2D eigenvalue weighted by Crippen LogP contribution is 2.30. The predicted molar refractivity (Wildman–Crippen MR) is 86.4 cm³/mol. The van der Waals surface area contributed by atoms with Crippen LogP contribution in [0.15, 0.2) is 24.3 Å². The lowest BCUT2D eigenvalue weighted by molar-refractivity contribution is 0.0959. The van der Waals surface area contributed by atoms with Gasteiger partial charge in [0.2, 0.25) is 10.0 Å². The van der Waals surface area contributed by atoms with Gasteiger partial charge in [-0.1, -0.05) is 18.2 Å². The monoisotopic (exact) mass is 326 g/mol. The van der Waals surface area contributed by atoms with Crippen molar-refractivity contribution in [3.8, 4) is 0 Å².